The van der Waals surface area contributed by atoms with Crippen LogP contribution in [0.5, 0.6) is 0 Å². The summed E-state index contributed by atoms with van der Waals surface area (Å²) in [5.74, 6) is -0.257. The second kappa shape index (κ2) is 8.12. The minimum Gasteiger partial charge on any atom is -0.379 e. The van der Waals surface area contributed by atoms with Crippen LogP contribution in [0.3, 0.4) is 0 Å². The predicted molar refractivity (Wildman–Crippen MR) is 110 cm³/mol. The summed E-state index contributed by atoms with van der Waals surface area (Å²) in [5.41, 5.74) is 2.84. The molecule has 0 radical (unpaired) electrons. The second-order valence-corrected chi connectivity index (χ2v) is 7.84. The molecule has 1 saturated heterocycles. The van der Waals surface area contributed by atoms with E-state index in [9.17, 15) is 9.18 Å². The molecule has 0 saturated carbocycles. The van der Waals surface area contributed by atoms with Crippen LogP contribution in [0.1, 0.15) is 18.5 Å². The minimum absolute atomic E-state index is 0.109. The molecule has 0 bridgehead atoms. The lowest BCUT2D eigenvalue weighted by Crippen LogP contribution is -2.46. The van der Waals surface area contributed by atoms with E-state index in [0.29, 0.717) is 56.6 Å². The molecule has 0 aliphatic carbocycles. The first-order chi connectivity index (χ1) is 14.7. The fourth-order valence-electron chi connectivity index (χ4n) is 4.05. The molecule has 5 heterocycles. The number of carbonyl (C=O) groups is 1. The summed E-state index contributed by atoms with van der Waals surface area (Å²) in [7, 11) is 0. The fourth-order valence-corrected chi connectivity index (χ4v) is 4.05. The smallest absolute Gasteiger partial charge is 0.225 e. The third-order valence-electron chi connectivity index (χ3n) is 5.86. The quantitative estimate of drug-likeness (QED) is 0.633. The highest BCUT2D eigenvalue weighted by atomic mass is 19.1. The zero-order valence-corrected chi connectivity index (χ0v) is 16.7. The van der Waals surface area contributed by atoms with E-state index in [0.717, 1.165) is 29.7 Å². The molecule has 1 amide bonds. The molecule has 8 heteroatoms. The Morgan fingerprint density at radius 1 is 1.30 bits per heavy atom. The molecule has 2 aliphatic rings. The van der Waals surface area contributed by atoms with Crippen LogP contribution >= 0.6 is 0 Å². The number of ether oxygens (including phenoxy) is 1. The zero-order chi connectivity index (χ0) is 20.5. The molecule has 2 aliphatic heterocycles. The summed E-state index contributed by atoms with van der Waals surface area (Å²) in [6, 6.07) is 7.36. The van der Waals surface area contributed by atoms with Crippen LogP contribution in [-0.4, -0.2) is 57.7 Å². The molecule has 7 nitrogen and oxygen atoms in total. The lowest BCUT2D eigenvalue weighted by atomic mass is 10.1. The van der Waals surface area contributed by atoms with Crippen LogP contribution in [-0.2, 0) is 22.6 Å². The third-order valence-corrected chi connectivity index (χ3v) is 5.86. The highest BCUT2D eigenvalue weighted by Crippen LogP contribution is 2.27. The summed E-state index contributed by atoms with van der Waals surface area (Å²) < 4.78 is 21.8. The largest absolute Gasteiger partial charge is 0.379 e. The SMILES string of the molecule is O=C(CCOCC1CCN1)N1CCn2c(cc3cc(-c4ncccc4F)cnc32)C1. The first-order valence-electron chi connectivity index (χ1n) is 10.4. The van der Waals surface area contributed by atoms with Gasteiger partial charge in [0, 0.05) is 48.2 Å². The van der Waals surface area contributed by atoms with Gasteiger partial charge in [0.2, 0.25) is 5.91 Å². The lowest BCUT2D eigenvalue weighted by Gasteiger charge is -2.29. The Bertz CT molecular complexity index is 1080. The standard InChI is InChI=1S/C22H24FN5O2/c23-19-2-1-5-25-21(19)16-10-15-11-18-13-27(7-8-28(18)22(15)26-12-16)20(29)4-9-30-14-17-3-6-24-17/h1-2,5,10-12,17,24H,3-4,6-9,13-14H2. The Morgan fingerprint density at radius 2 is 2.20 bits per heavy atom. The molecule has 1 fully saturated rings. The Balaban J connectivity index is 1.27. The maximum Gasteiger partial charge on any atom is 0.225 e. The molecule has 3 aromatic heterocycles. The Kier molecular flexibility index (Phi) is 5.18. The zero-order valence-electron chi connectivity index (χ0n) is 16.7. The Morgan fingerprint density at radius 3 is 3.00 bits per heavy atom. The van der Waals surface area contributed by atoms with E-state index in [1.54, 1.807) is 18.5 Å². The van der Waals surface area contributed by atoms with Gasteiger partial charge in [-0.25, -0.2) is 9.37 Å². The van der Waals surface area contributed by atoms with Gasteiger partial charge in [-0.05, 0) is 37.2 Å². The van der Waals surface area contributed by atoms with Crippen molar-refractivity contribution in [1.82, 2.24) is 24.8 Å². The van der Waals surface area contributed by atoms with Gasteiger partial charge in [0.25, 0.3) is 0 Å². The molecule has 1 atom stereocenters. The Hall–Kier alpha value is -2.84. The van der Waals surface area contributed by atoms with E-state index in [-0.39, 0.29) is 11.7 Å². The van der Waals surface area contributed by atoms with Crippen molar-refractivity contribution in [2.75, 3.05) is 26.3 Å². The van der Waals surface area contributed by atoms with Crippen LogP contribution in [0.15, 0.2) is 36.7 Å². The Labute approximate surface area is 173 Å². The molecule has 1 unspecified atom stereocenters. The highest BCUT2D eigenvalue weighted by Gasteiger charge is 2.23. The van der Waals surface area contributed by atoms with Gasteiger partial charge in [-0.3, -0.25) is 9.78 Å². The molecule has 0 aromatic carbocycles. The third kappa shape index (κ3) is 3.68. The summed E-state index contributed by atoms with van der Waals surface area (Å²) in [6.07, 6.45) is 4.78. The topological polar surface area (TPSA) is 72.3 Å². The number of aromatic nitrogens is 3. The molecular weight excluding hydrogens is 385 g/mol. The molecule has 156 valence electrons. The van der Waals surface area contributed by atoms with Crippen LogP contribution in [0.2, 0.25) is 0 Å². The number of hydrogen-bond donors (Lipinski definition) is 1. The number of halogens is 1. The molecule has 5 rings (SSSR count). The van der Waals surface area contributed by atoms with Crippen molar-refractivity contribution in [1.29, 1.82) is 0 Å². The lowest BCUT2D eigenvalue weighted by molar-refractivity contribution is -0.133. The number of fused-ring (bicyclic) bond motifs is 3. The van der Waals surface area contributed by atoms with E-state index in [4.69, 9.17) is 4.74 Å². The minimum atomic E-state index is -0.366. The van der Waals surface area contributed by atoms with Crippen LogP contribution < -0.4 is 5.32 Å². The van der Waals surface area contributed by atoms with Crippen molar-refractivity contribution in [3.63, 3.8) is 0 Å². The van der Waals surface area contributed by atoms with Gasteiger partial charge < -0.3 is 19.5 Å². The summed E-state index contributed by atoms with van der Waals surface area (Å²) in [6.45, 7) is 4.08. The van der Waals surface area contributed by atoms with Crippen molar-refractivity contribution < 1.29 is 13.9 Å². The van der Waals surface area contributed by atoms with Gasteiger partial charge in [-0.15, -0.1) is 0 Å². The van der Waals surface area contributed by atoms with Crippen molar-refractivity contribution >= 4 is 16.9 Å². The van der Waals surface area contributed by atoms with E-state index in [1.807, 2.05) is 17.0 Å². The van der Waals surface area contributed by atoms with Crippen molar-refractivity contribution in [3.05, 3.63) is 48.2 Å². The second-order valence-electron chi connectivity index (χ2n) is 7.84. The maximum absolute atomic E-state index is 14.1. The van der Waals surface area contributed by atoms with Gasteiger partial charge in [0.15, 0.2) is 0 Å². The number of nitrogens with zero attached hydrogens (tertiary/aromatic N) is 4. The van der Waals surface area contributed by atoms with E-state index in [1.165, 1.54) is 6.07 Å². The van der Waals surface area contributed by atoms with Crippen molar-refractivity contribution in [2.24, 2.45) is 0 Å². The highest BCUT2D eigenvalue weighted by molar-refractivity contribution is 5.83. The average Bonchev–Trinajstić information content (AvgIpc) is 3.09. The van der Waals surface area contributed by atoms with Gasteiger partial charge >= 0.3 is 0 Å². The summed E-state index contributed by atoms with van der Waals surface area (Å²) in [4.78, 5) is 23.2. The van der Waals surface area contributed by atoms with Crippen molar-refractivity contribution in [3.8, 4) is 11.3 Å². The number of rotatable bonds is 6. The van der Waals surface area contributed by atoms with E-state index in [2.05, 4.69) is 19.9 Å². The number of amides is 1. The molecule has 1 N–H and O–H groups in total. The van der Waals surface area contributed by atoms with Gasteiger partial charge in [0.1, 0.15) is 17.2 Å². The molecule has 3 aromatic rings. The van der Waals surface area contributed by atoms with E-state index < -0.39 is 0 Å². The summed E-state index contributed by atoms with van der Waals surface area (Å²) >= 11 is 0. The maximum atomic E-state index is 14.1. The first kappa shape index (κ1) is 19.1. The number of carbonyl (C=O) groups excluding carboxylic acids is 1. The van der Waals surface area contributed by atoms with Crippen molar-refractivity contribution in [2.45, 2.75) is 32.0 Å². The number of nitrogens with one attached hydrogen (secondary N) is 1. The van der Waals surface area contributed by atoms with Gasteiger partial charge in [-0.1, -0.05) is 0 Å². The molecular formula is C22H24FN5O2. The van der Waals surface area contributed by atoms with Gasteiger partial charge in [0.05, 0.1) is 26.2 Å². The number of pyridine rings is 2. The summed E-state index contributed by atoms with van der Waals surface area (Å²) in [5, 5.41) is 4.21. The van der Waals surface area contributed by atoms with Crippen LogP contribution in [0.25, 0.3) is 22.3 Å². The predicted octanol–water partition coefficient (Wildman–Crippen LogP) is 2.35. The fraction of sp³-hybridized carbons (Fsp3) is 0.409. The monoisotopic (exact) mass is 409 g/mol. The van der Waals surface area contributed by atoms with Gasteiger partial charge in [-0.2, -0.15) is 0 Å². The van der Waals surface area contributed by atoms with Crippen LogP contribution in [0, 0.1) is 5.82 Å². The average molecular weight is 409 g/mol. The van der Waals surface area contributed by atoms with Crippen LogP contribution in [0.4, 0.5) is 4.39 Å². The van der Waals surface area contributed by atoms with E-state index >= 15 is 0 Å². The normalized spacial score (nSPS) is 18.3. The first-order valence-corrected chi connectivity index (χ1v) is 10.4. The molecule has 30 heavy (non-hydrogen) atoms. The molecule has 0 spiro atoms. The number of hydrogen-bond acceptors (Lipinski definition) is 5.